The lowest BCUT2D eigenvalue weighted by atomic mass is 9.99. The van der Waals surface area contributed by atoms with Crippen LogP contribution in [0, 0.1) is 0 Å². The minimum absolute atomic E-state index is 0.119. The second kappa shape index (κ2) is 7.39. The fraction of sp³-hybridized carbons (Fsp3) is 0.625. The van der Waals surface area contributed by atoms with Crippen molar-refractivity contribution in [3.05, 3.63) is 24.3 Å². The third kappa shape index (κ3) is 5.52. The fourth-order valence-corrected chi connectivity index (χ4v) is 2.06. The number of para-hydroxylation sites is 2. The number of hydrogen-bond acceptors (Lipinski definition) is 3. The molecule has 0 spiro atoms. The average molecular weight is 265 g/mol. The van der Waals surface area contributed by atoms with Crippen molar-refractivity contribution in [2.45, 2.75) is 52.2 Å². The number of nitrogens with one attached hydrogen (secondary N) is 1. The number of ether oxygens (including phenoxy) is 2. The van der Waals surface area contributed by atoms with E-state index in [1.165, 1.54) is 0 Å². The Bertz CT molecular complexity index is 377. The van der Waals surface area contributed by atoms with Gasteiger partial charge in [0.05, 0.1) is 17.9 Å². The van der Waals surface area contributed by atoms with Crippen LogP contribution >= 0.6 is 0 Å². The van der Waals surface area contributed by atoms with Gasteiger partial charge in [-0.3, -0.25) is 0 Å². The molecule has 0 heterocycles. The molecule has 0 saturated heterocycles. The number of anilines is 1. The van der Waals surface area contributed by atoms with E-state index in [9.17, 15) is 0 Å². The molecule has 1 N–H and O–H groups in total. The predicted molar refractivity (Wildman–Crippen MR) is 81.0 cm³/mol. The molecule has 0 amide bonds. The fourth-order valence-electron chi connectivity index (χ4n) is 2.06. The van der Waals surface area contributed by atoms with Crippen molar-refractivity contribution >= 4 is 5.69 Å². The average Bonchev–Trinajstić information content (AvgIpc) is 2.37. The highest BCUT2D eigenvalue weighted by molar-refractivity contribution is 5.56. The molecule has 1 aromatic rings. The van der Waals surface area contributed by atoms with E-state index >= 15 is 0 Å². The van der Waals surface area contributed by atoms with Gasteiger partial charge in [-0.2, -0.15) is 0 Å². The van der Waals surface area contributed by atoms with Crippen molar-refractivity contribution in [1.82, 2.24) is 0 Å². The van der Waals surface area contributed by atoms with E-state index in [1.807, 2.05) is 18.2 Å². The first-order valence-corrected chi connectivity index (χ1v) is 7.02. The Kier molecular flexibility index (Phi) is 6.16. The van der Waals surface area contributed by atoms with Gasteiger partial charge < -0.3 is 14.8 Å². The van der Waals surface area contributed by atoms with Crippen LogP contribution < -0.4 is 10.1 Å². The molecule has 0 saturated carbocycles. The van der Waals surface area contributed by atoms with Crippen molar-refractivity contribution in [3.8, 4) is 5.75 Å². The summed E-state index contributed by atoms with van der Waals surface area (Å²) in [5.41, 5.74) is 0.932. The van der Waals surface area contributed by atoms with Crippen LogP contribution in [-0.4, -0.2) is 25.4 Å². The van der Waals surface area contributed by atoms with Crippen LogP contribution in [0.2, 0.25) is 0 Å². The van der Waals surface area contributed by atoms with Gasteiger partial charge in [-0.15, -0.1) is 0 Å². The summed E-state index contributed by atoms with van der Waals surface area (Å²) in [5, 5.41) is 3.50. The molecule has 0 aliphatic carbocycles. The van der Waals surface area contributed by atoms with Gasteiger partial charge in [-0.1, -0.05) is 19.1 Å². The van der Waals surface area contributed by atoms with E-state index in [4.69, 9.17) is 9.47 Å². The first-order chi connectivity index (χ1) is 8.98. The monoisotopic (exact) mass is 265 g/mol. The molecule has 19 heavy (non-hydrogen) atoms. The summed E-state index contributed by atoms with van der Waals surface area (Å²) in [6, 6.07) is 8.41. The maximum atomic E-state index is 5.75. The molecule has 1 rings (SSSR count). The maximum Gasteiger partial charge on any atom is 0.142 e. The molecular formula is C16H27NO2. The van der Waals surface area contributed by atoms with E-state index in [2.05, 4.69) is 39.1 Å². The number of rotatable bonds is 8. The standard InChI is InChI=1S/C16H27NO2/c1-6-11-19-15-10-8-7-9-14(15)17-13(2)12-16(3,4)18-5/h7-10,13,17H,6,11-12H2,1-5H3. The highest BCUT2D eigenvalue weighted by Gasteiger charge is 2.20. The molecule has 0 fully saturated rings. The molecule has 3 heteroatoms. The third-order valence-electron chi connectivity index (χ3n) is 3.10. The summed E-state index contributed by atoms with van der Waals surface area (Å²) in [7, 11) is 1.75. The summed E-state index contributed by atoms with van der Waals surface area (Å²) in [6.45, 7) is 9.23. The molecule has 0 aliphatic rings. The van der Waals surface area contributed by atoms with Crippen LogP contribution in [0.3, 0.4) is 0 Å². The Labute approximate surface area is 117 Å². The van der Waals surface area contributed by atoms with Crippen molar-refractivity contribution in [3.63, 3.8) is 0 Å². The van der Waals surface area contributed by atoms with Gasteiger partial charge >= 0.3 is 0 Å². The normalized spacial score (nSPS) is 13.1. The lowest BCUT2D eigenvalue weighted by Gasteiger charge is -2.28. The predicted octanol–water partition coefficient (Wildman–Crippen LogP) is 4.09. The summed E-state index contributed by atoms with van der Waals surface area (Å²) in [5.74, 6) is 0.923. The molecule has 0 aliphatic heterocycles. The second-order valence-corrected chi connectivity index (χ2v) is 5.56. The zero-order valence-electron chi connectivity index (χ0n) is 12.8. The van der Waals surface area contributed by atoms with Gasteiger partial charge in [0.25, 0.3) is 0 Å². The van der Waals surface area contributed by atoms with Gasteiger partial charge in [0.2, 0.25) is 0 Å². The SMILES string of the molecule is CCCOc1ccccc1NC(C)CC(C)(C)OC. The van der Waals surface area contributed by atoms with Gasteiger partial charge in [-0.25, -0.2) is 0 Å². The van der Waals surface area contributed by atoms with Crippen LogP contribution in [0.5, 0.6) is 5.75 Å². The molecule has 3 nitrogen and oxygen atoms in total. The minimum Gasteiger partial charge on any atom is -0.491 e. The molecule has 1 unspecified atom stereocenters. The van der Waals surface area contributed by atoms with E-state index in [0.29, 0.717) is 6.04 Å². The number of benzene rings is 1. The third-order valence-corrected chi connectivity index (χ3v) is 3.10. The van der Waals surface area contributed by atoms with Crippen LogP contribution in [0.25, 0.3) is 0 Å². The molecule has 0 radical (unpaired) electrons. The Morgan fingerprint density at radius 3 is 2.58 bits per heavy atom. The van der Waals surface area contributed by atoms with Crippen molar-refractivity contribution in [2.75, 3.05) is 19.0 Å². The van der Waals surface area contributed by atoms with E-state index < -0.39 is 0 Å². The van der Waals surface area contributed by atoms with Gasteiger partial charge in [0.1, 0.15) is 5.75 Å². The highest BCUT2D eigenvalue weighted by Crippen LogP contribution is 2.26. The highest BCUT2D eigenvalue weighted by atomic mass is 16.5. The Hall–Kier alpha value is -1.22. The Morgan fingerprint density at radius 1 is 1.26 bits per heavy atom. The summed E-state index contributed by atoms with van der Waals surface area (Å²) < 4.78 is 11.2. The number of hydrogen-bond donors (Lipinski definition) is 1. The van der Waals surface area contributed by atoms with Crippen LogP contribution in [0.15, 0.2) is 24.3 Å². The number of methoxy groups -OCH3 is 1. The first-order valence-electron chi connectivity index (χ1n) is 7.02. The zero-order chi connectivity index (χ0) is 14.3. The lowest BCUT2D eigenvalue weighted by Crippen LogP contribution is -2.31. The van der Waals surface area contributed by atoms with Gasteiger partial charge in [0, 0.05) is 13.2 Å². The summed E-state index contributed by atoms with van der Waals surface area (Å²) in [6.07, 6.45) is 1.95. The topological polar surface area (TPSA) is 30.5 Å². The molecule has 108 valence electrons. The smallest absolute Gasteiger partial charge is 0.142 e. The Morgan fingerprint density at radius 2 is 1.95 bits per heavy atom. The largest absolute Gasteiger partial charge is 0.491 e. The quantitative estimate of drug-likeness (QED) is 0.768. The van der Waals surface area contributed by atoms with Crippen molar-refractivity contribution in [1.29, 1.82) is 0 Å². The van der Waals surface area contributed by atoms with Crippen molar-refractivity contribution < 1.29 is 9.47 Å². The molecule has 1 aromatic carbocycles. The van der Waals surface area contributed by atoms with Crippen LogP contribution in [-0.2, 0) is 4.74 Å². The zero-order valence-corrected chi connectivity index (χ0v) is 12.8. The molecule has 1 atom stereocenters. The van der Waals surface area contributed by atoms with Crippen LogP contribution in [0.1, 0.15) is 40.5 Å². The second-order valence-electron chi connectivity index (χ2n) is 5.56. The van der Waals surface area contributed by atoms with E-state index in [0.717, 1.165) is 30.9 Å². The maximum absolute atomic E-state index is 5.75. The summed E-state index contributed by atoms with van der Waals surface area (Å²) in [4.78, 5) is 0. The molecule has 0 bridgehead atoms. The van der Waals surface area contributed by atoms with Crippen molar-refractivity contribution in [2.24, 2.45) is 0 Å². The first kappa shape index (κ1) is 15.8. The Balaban J connectivity index is 2.65. The van der Waals surface area contributed by atoms with Gasteiger partial charge in [-0.05, 0) is 45.7 Å². The van der Waals surface area contributed by atoms with Crippen LogP contribution in [0.4, 0.5) is 5.69 Å². The summed E-state index contributed by atoms with van der Waals surface area (Å²) >= 11 is 0. The molecule has 0 aromatic heterocycles. The van der Waals surface area contributed by atoms with Gasteiger partial charge in [0.15, 0.2) is 0 Å². The molecular weight excluding hydrogens is 238 g/mol. The minimum atomic E-state index is -0.119. The van der Waals surface area contributed by atoms with E-state index in [-0.39, 0.29) is 5.60 Å². The lowest BCUT2D eigenvalue weighted by molar-refractivity contribution is 0.0128. The van der Waals surface area contributed by atoms with E-state index in [1.54, 1.807) is 7.11 Å².